The highest BCUT2D eigenvalue weighted by Crippen LogP contribution is 2.38. The maximum absolute atomic E-state index is 14.2. The van der Waals surface area contributed by atoms with Gasteiger partial charge in [-0.25, -0.2) is 4.39 Å². The highest BCUT2D eigenvalue weighted by atomic mass is 19.1. The van der Waals surface area contributed by atoms with E-state index in [0.29, 0.717) is 30.0 Å². The maximum atomic E-state index is 14.2. The van der Waals surface area contributed by atoms with Crippen LogP contribution in [0.15, 0.2) is 36.4 Å². The van der Waals surface area contributed by atoms with Crippen molar-refractivity contribution < 1.29 is 19.0 Å². The third-order valence-corrected chi connectivity index (χ3v) is 6.02. The summed E-state index contributed by atoms with van der Waals surface area (Å²) in [7, 11) is 1.69. The maximum Gasteiger partial charge on any atom is 0.253 e. The van der Waals surface area contributed by atoms with Gasteiger partial charge in [0.05, 0.1) is 6.04 Å². The highest BCUT2D eigenvalue weighted by molar-refractivity contribution is 5.95. The van der Waals surface area contributed by atoms with Crippen molar-refractivity contribution >= 4 is 5.91 Å². The first-order chi connectivity index (χ1) is 14.0. The van der Waals surface area contributed by atoms with E-state index < -0.39 is 11.9 Å². The molecule has 0 unspecified atom stereocenters. The van der Waals surface area contributed by atoms with Crippen molar-refractivity contribution in [2.45, 2.75) is 31.9 Å². The summed E-state index contributed by atoms with van der Waals surface area (Å²) in [5, 5.41) is 10.9. The molecule has 0 spiro atoms. The van der Waals surface area contributed by atoms with Gasteiger partial charge < -0.3 is 14.7 Å². The third kappa shape index (κ3) is 3.87. The zero-order valence-electron chi connectivity index (χ0n) is 16.9. The number of nitrogens with zero attached hydrogens (tertiary/aromatic N) is 2. The molecular formula is C23H27FN2O3. The topological polar surface area (TPSA) is 53.0 Å². The van der Waals surface area contributed by atoms with Crippen molar-refractivity contribution in [2.24, 2.45) is 0 Å². The van der Waals surface area contributed by atoms with E-state index in [9.17, 15) is 14.3 Å². The van der Waals surface area contributed by atoms with Gasteiger partial charge in [0.25, 0.3) is 5.91 Å². The molecule has 4 rings (SSSR count). The summed E-state index contributed by atoms with van der Waals surface area (Å²) in [5.74, 6) is -0.0530. The van der Waals surface area contributed by atoms with Gasteiger partial charge in [-0.1, -0.05) is 12.1 Å². The number of carbonyl (C=O) groups excluding carboxylic acids is 1. The van der Waals surface area contributed by atoms with Crippen LogP contribution < -0.4 is 4.74 Å². The second-order valence-corrected chi connectivity index (χ2v) is 7.87. The molecule has 1 saturated heterocycles. The van der Waals surface area contributed by atoms with Gasteiger partial charge in [-0.2, -0.15) is 0 Å². The first-order valence-corrected chi connectivity index (χ1v) is 10.2. The van der Waals surface area contributed by atoms with Gasteiger partial charge in [0.2, 0.25) is 0 Å². The smallest absolute Gasteiger partial charge is 0.253 e. The molecule has 5 nitrogen and oxygen atoms in total. The van der Waals surface area contributed by atoms with Crippen LogP contribution in [0.4, 0.5) is 4.39 Å². The van der Waals surface area contributed by atoms with Crippen LogP contribution in [0.1, 0.15) is 41.8 Å². The second-order valence-electron chi connectivity index (χ2n) is 7.87. The number of likely N-dealkylation sites (tertiary alicyclic amines) is 1. The number of hydrogen-bond acceptors (Lipinski definition) is 4. The van der Waals surface area contributed by atoms with Crippen LogP contribution in [-0.4, -0.2) is 60.1 Å². The first-order valence-electron chi connectivity index (χ1n) is 10.2. The predicted octanol–water partition coefficient (Wildman–Crippen LogP) is 3.47. The molecule has 2 aliphatic heterocycles. The Morgan fingerprint density at radius 2 is 1.97 bits per heavy atom. The summed E-state index contributed by atoms with van der Waals surface area (Å²) in [6.07, 6.45) is 1.71. The summed E-state index contributed by atoms with van der Waals surface area (Å²) in [6, 6.07) is 9.87. The molecule has 1 N–H and O–H groups in total. The second kappa shape index (κ2) is 8.13. The van der Waals surface area contributed by atoms with Crippen molar-refractivity contribution in [2.75, 3.05) is 33.3 Å². The number of halogens is 1. The number of fused-ring (bicyclic) bond motifs is 1. The van der Waals surface area contributed by atoms with Crippen LogP contribution in [0, 0.1) is 5.82 Å². The van der Waals surface area contributed by atoms with Gasteiger partial charge in [0, 0.05) is 24.7 Å². The minimum Gasteiger partial charge on any atom is -0.491 e. The molecule has 2 aliphatic rings. The van der Waals surface area contributed by atoms with Crippen LogP contribution in [0.3, 0.4) is 0 Å². The van der Waals surface area contributed by atoms with Gasteiger partial charge >= 0.3 is 0 Å². The molecule has 29 heavy (non-hydrogen) atoms. The van der Waals surface area contributed by atoms with E-state index in [0.717, 1.165) is 37.1 Å². The molecule has 1 fully saturated rings. The highest BCUT2D eigenvalue weighted by Gasteiger charge is 2.35. The number of benzene rings is 2. The zero-order valence-corrected chi connectivity index (χ0v) is 16.9. The van der Waals surface area contributed by atoms with Crippen LogP contribution >= 0.6 is 0 Å². The Kier molecular flexibility index (Phi) is 5.56. The number of rotatable bonds is 4. The number of ether oxygens (including phenoxy) is 1. The molecule has 2 atom stereocenters. The number of carbonyl (C=O) groups is 1. The Hall–Kier alpha value is -2.44. The van der Waals surface area contributed by atoms with E-state index >= 15 is 0 Å². The van der Waals surface area contributed by atoms with Crippen molar-refractivity contribution in [1.82, 2.24) is 9.80 Å². The van der Waals surface area contributed by atoms with Gasteiger partial charge in [-0.15, -0.1) is 0 Å². The molecule has 6 heteroatoms. The Bertz CT molecular complexity index is 911. The summed E-state index contributed by atoms with van der Waals surface area (Å²) in [6.45, 7) is 4.84. The van der Waals surface area contributed by atoms with E-state index in [1.165, 1.54) is 12.1 Å². The van der Waals surface area contributed by atoms with Crippen molar-refractivity contribution in [3.63, 3.8) is 0 Å². The number of aliphatic hydroxyl groups excluding tert-OH is 1. The van der Waals surface area contributed by atoms with Gasteiger partial charge in [-0.05, 0) is 68.2 Å². The molecule has 0 bridgehead atoms. The molecular weight excluding hydrogens is 371 g/mol. The lowest BCUT2D eigenvalue weighted by Gasteiger charge is -2.36. The lowest BCUT2D eigenvalue weighted by Crippen LogP contribution is -2.44. The van der Waals surface area contributed by atoms with Crippen molar-refractivity contribution in [1.29, 1.82) is 0 Å². The molecule has 0 aromatic heterocycles. The average molecular weight is 398 g/mol. The number of amides is 1. The number of hydrogen-bond donors (Lipinski definition) is 1. The molecule has 0 saturated carbocycles. The Labute approximate surface area is 170 Å². The molecule has 154 valence electrons. The van der Waals surface area contributed by atoms with Crippen molar-refractivity contribution in [3.8, 4) is 16.9 Å². The van der Waals surface area contributed by atoms with Crippen LogP contribution in [0.5, 0.6) is 5.75 Å². The summed E-state index contributed by atoms with van der Waals surface area (Å²) >= 11 is 0. The Morgan fingerprint density at radius 3 is 2.69 bits per heavy atom. The fourth-order valence-corrected chi connectivity index (χ4v) is 4.18. The average Bonchev–Trinajstić information content (AvgIpc) is 3.26. The largest absolute Gasteiger partial charge is 0.491 e. The summed E-state index contributed by atoms with van der Waals surface area (Å²) < 4.78 is 20.2. The summed E-state index contributed by atoms with van der Waals surface area (Å²) in [5.41, 5.74) is 2.44. The van der Waals surface area contributed by atoms with E-state index in [4.69, 9.17) is 4.74 Å². The Balaban J connectivity index is 1.63. The van der Waals surface area contributed by atoms with E-state index in [2.05, 4.69) is 4.90 Å². The van der Waals surface area contributed by atoms with E-state index in [1.807, 2.05) is 25.1 Å². The standard InChI is InChI=1S/C23H27FN2O3/c1-3-25(2)23(28)17-10-16(11-18(24)12-17)15-6-7-19-21(13-15)29-14-20(22(19)27)26-8-4-5-9-26/h6-7,10-13,20,22,27H,3-5,8-9,14H2,1-2H3/t20-,22-/m1/s1. The SMILES string of the molecule is CCN(C)C(=O)c1cc(F)cc(-c2ccc3c(c2)OC[C@@H](N2CCCC2)[C@@H]3O)c1. The van der Waals surface area contributed by atoms with Crippen LogP contribution in [-0.2, 0) is 0 Å². The zero-order chi connectivity index (χ0) is 20.5. The van der Waals surface area contributed by atoms with Gasteiger partial charge in [0.1, 0.15) is 24.3 Å². The van der Waals surface area contributed by atoms with Gasteiger partial charge in [-0.3, -0.25) is 9.69 Å². The predicted molar refractivity (Wildman–Crippen MR) is 110 cm³/mol. The van der Waals surface area contributed by atoms with Gasteiger partial charge in [0.15, 0.2) is 0 Å². The lowest BCUT2D eigenvalue weighted by atomic mass is 9.94. The molecule has 2 heterocycles. The fourth-order valence-electron chi connectivity index (χ4n) is 4.18. The lowest BCUT2D eigenvalue weighted by molar-refractivity contribution is 0.0140. The summed E-state index contributed by atoms with van der Waals surface area (Å²) in [4.78, 5) is 16.3. The van der Waals surface area contributed by atoms with Crippen LogP contribution in [0.2, 0.25) is 0 Å². The quantitative estimate of drug-likeness (QED) is 0.857. The fraction of sp³-hybridized carbons (Fsp3) is 0.435. The minimum atomic E-state index is -0.603. The monoisotopic (exact) mass is 398 g/mol. The normalized spacial score (nSPS) is 21.5. The third-order valence-electron chi connectivity index (χ3n) is 6.02. The molecule has 2 aromatic rings. The number of aliphatic hydroxyl groups is 1. The van der Waals surface area contributed by atoms with E-state index in [1.54, 1.807) is 18.0 Å². The first kappa shape index (κ1) is 19.9. The van der Waals surface area contributed by atoms with Crippen molar-refractivity contribution in [3.05, 3.63) is 53.3 Å². The van der Waals surface area contributed by atoms with Crippen LogP contribution in [0.25, 0.3) is 11.1 Å². The molecule has 0 aliphatic carbocycles. The Morgan fingerprint density at radius 1 is 1.21 bits per heavy atom. The van der Waals surface area contributed by atoms with E-state index in [-0.39, 0.29) is 11.9 Å². The molecule has 1 amide bonds. The minimum absolute atomic E-state index is 0.0289. The molecule has 2 aromatic carbocycles. The molecule has 0 radical (unpaired) electrons.